The Morgan fingerprint density at radius 2 is 0.457 bits per heavy atom. The average Bonchev–Trinajstić information content (AvgIpc) is 0.918. The second-order valence-electron chi connectivity index (χ2n) is 32.4. The molecule has 0 fully saturated rings. The third-order valence-corrected chi connectivity index (χ3v) is 22.7. The molecule has 0 radical (unpaired) electrons. The van der Waals surface area contributed by atoms with Crippen molar-refractivity contribution in [2.45, 2.75) is 465 Å². The molecule has 0 saturated heterocycles. The van der Waals surface area contributed by atoms with Gasteiger partial charge in [-0.3, -0.25) is 37.3 Å². The van der Waals surface area contributed by atoms with E-state index in [1.807, 2.05) is 0 Å². The molecule has 0 aliphatic heterocycles. The second kappa shape index (κ2) is 74.8. The van der Waals surface area contributed by atoms with Gasteiger partial charge in [-0.05, 0) is 49.4 Å². The van der Waals surface area contributed by atoms with Crippen LogP contribution in [-0.2, 0) is 65.4 Å². The van der Waals surface area contributed by atoms with Crippen LogP contribution in [0, 0.1) is 23.7 Å². The molecule has 0 aromatic rings. The van der Waals surface area contributed by atoms with Gasteiger partial charge in [-0.2, -0.15) is 0 Å². The van der Waals surface area contributed by atoms with E-state index in [0.717, 1.165) is 114 Å². The number of esters is 4. The number of unbranched alkanes of at least 4 members (excludes halogenated alkanes) is 47. The van der Waals surface area contributed by atoms with Crippen molar-refractivity contribution in [3.63, 3.8) is 0 Å². The molecule has 0 heterocycles. The zero-order chi connectivity index (χ0) is 77.4. The minimum atomic E-state index is -4.97. The maximum Gasteiger partial charge on any atom is 0.472 e. The number of phosphoric acid groups is 2. The summed E-state index contributed by atoms with van der Waals surface area (Å²) in [6, 6.07) is 0. The Labute approximate surface area is 645 Å². The van der Waals surface area contributed by atoms with E-state index in [2.05, 4.69) is 55.4 Å². The monoisotopic (exact) mass is 1540 g/mol. The molecule has 3 N–H and O–H groups in total. The summed E-state index contributed by atoms with van der Waals surface area (Å²) in [5.41, 5.74) is 0. The molecule has 17 nitrogen and oxygen atoms in total. The van der Waals surface area contributed by atoms with Gasteiger partial charge in [0, 0.05) is 25.7 Å². The van der Waals surface area contributed by atoms with E-state index in [4.69, 9.17) is 37.0 Å². The summed E-state index contributed by atoms with van der Waals surface area (Å²) in [6.07, 6.45) is 63.8. The molecule has 0 aliphatic rings. The highest BCUT2D eigenvalue weighted by atomic mass is 31.2. The first-order chi connectivity index (χ1) is 50.7. The highest BCUT2D eigenvalue weighted by Crippen LogP contribution is 2.45. The van der Waals surface area contributed by atoms with Crippen LogP contribution in [0.2, 0.25) is 0 Å². The van der Waals surface area contributed by atoms with E-state index in [0.29, 0.717) is 25.7 Å². The topological polar surface area (TPSA) is 237 Å². The van der Waals surface area contributed by atoms with Gasteiger partial charge in [0.1, 0.15) is 19.3 Å². The van der Waals surface area contributed by atoms with Crippen LogP contribution in [0.15, 0.2) is 0 Å². The lowest BCUT2D eigenvalue weighted by Crippen LogP contribution is -2.30. The van der Waals surface area contributed by atoms with Crippen molar-refractivity contribution in [2.75, 3.05) is 39.6 Å². The zero-order valence-electron chi connectivity index (χ0n) is 69.4. The fourth-order valence-electron chi connectivity index (χ4n) is 13.3. The molecule has 0 aliphatic carbocycles. The van der Waals surface area contributed by atoms with E-state index in [1.54, 1.807) is 0 Å². The Morgan fingerprint density at radius 3 is 0.676 bits per heavy atom. The first-order valence-corrected chi connectivity index (χ1v) is 47.3. The quantitative estimate of drug-likeness (QED) is 0.0222. The average molecular weight is 1540 g/mol. The fourth-order valence-corrected chi connectivity index (χ4v) is 14.8. The smallest absolute Gasteiger partial charge is 0.462 e. The molecule has 105 heavy (non-hydrogen) atoms. The Morgan fingerprint density at radius 1 is 0.267 bits per heavy atom. The highest BCUT2D eigenvalue weighted by Gasteiger charge is 2.31. The second-order valence-corrected chi connectivity index (χ2v) is 35.3. The molecule has 19 heteroatoms. The lowest BCUT2D eigenvalue weighted by atomic mass is 9.99. The molecule has 0 spiro atoms. The third kappa shape index (κ3) is 77.2. The van der Waals surface area contributed by atoms with Crippen molar-refractivity contribution < 1.29 is 80.2 Å². The normalized spacial score (nSPS) is 14.4. The number of carbonyl (C=O) groups is 4. The van der Waals surface area contributed by atoms with Gasteiger partial charge >= 0.3 is 39.5 Å². The first-order valence-electron chi connectivity index (χ1n) is 44.3. The van der Waals surface area contributed by atoms with Crippen LogP contribution in [0.3, 0.4) is 0 Å². The molecular weight excluding hydrogens is 1370 g/mol. The summed E-state index contributed by atoms with van der Waals surface area (Å²) in [4.78, 5) is 73.2. The number of phosphoric ester groups is 2. The Kier molecular flexibility index (Phi) is 73.4. The van der Waals surface area contributed by atoms with Crippen LogP contribution in [0.5, 0.6) is 0 Å². The molecule has 0 amide bonds. The first kappa shape index (κ1) is 103. The van der Waals surface area contributed by atoms with E-state index < -0.39 is 97.5 Å². The predicted octanol–water partition coefficient (Wildman–Crippen LogP) is 25.9. The van der Waals surface area contributed by atoms with Crippen LogP contribution in [0.1, 0.15) is 447 Å². The van der Waals surface area contributed by atoms with Crippen molar-refractivity contribution in [2.24, 2.45) is 23.7 Å². The number of aliphatic hydroxyl groups excluding tert-OH is 1. The van der Waals surface area contributed by atoms with Crippen molar-refractivity contribution in [3.05, 3.63) is 0 Å². The number of hydrogen-bond acceptors (Lipinski definition) is 15. The van der Waals surface area contributed by atoms with Crippen LogP contribution in [-0.4, -0.2) is 96.7 Å². The zero-order valence-corrected chi connectivity index (χ0v) is 71.2. The van der Waals surface area contributed by atoms with Gasteiger partial charge in [-0.25, -0.2) is 9.13 Å². The molecule has 0 aromatic heterocycles. The van der Waals surface area contributed by atoms with Gasteiger partial charge in [0.2, 0.25) is 0 Å². The summed E-state index contributed by atoms with van der Waals surface area (Å²) in [7, 11) is -9.93. The van der Waals surface area contributed by atoms with Crippen LogP contribution < -0.4 is 0 Å². The standard InChI is InChI=1S/C86H168O17P2/c1-9-78(7)64-56-48-40-32-26-20-15-13-11-12-14-16-22-28-34-44-52-60-68-85(90)102-81(72-96-83(88)66-58-50-42-33-27-21-18-17-19-24-30-38-46-54-62-76(3)4)74-100-104(92,93)98-70-80(87)71-99-105(94,95)101-75-82(73-97-84(89)67-59-51-43-37-36-41-49-57-65-79(8)10-2)103-86(91)69-61-53-45-35-29-23-25-31-39-47-55-63-77(5)6/h76-82,87H,9-75H2,1-8H3,(H,92,93)(H,94,95)/t78?,79?,80-,81-,82-/m1/s1. The molecule has 0 bridgehead atoms. The van der Waals surface area contributed by atoms with Crippen LogP contribution in [0.4, 0.5) is 0 Å². The molecule has 0 saturated carbocycles. The fraction of sp³-hybridized carbons (Fsp3) is 0.953. The maximum absolute atomic E-state index is 13.1. The van der Waals surface area contributed by atoms with Crippen LogP contribution >= 0.6 is 15.6 Å². The van der Waals surface area contributed by atoms with Gasteiger partial charge in [-0.1, -0.05) is 396 Å². The summed E-state index contributed by atoms with van der Waals surface area (Å²) >= 11 is 0. The Balaban J connectivity index is 5.25. The van der Waals surface area contributed by atoms with Gasteiger partial charge < -0.3 is 33.8 Å². The Bertz CT molecular complexity index is 2050. The van der Waals surface area contributed by atoms with E-state index in [1.165, 1.54) is 250 Å². The summed E-state index contributed by atoms with van der Waals surface area (Å²) in [5, 5.41) is 10.7. The molecule has 0 aromatic carbocycles. The Hall–Kier alpha value is -1.94. The summed E-state index contributed by atoms with van der Waals surface area (Å²) < 4.78 is 68.9. The molecule has 4 unspecified atom stereocenters. The molecule has 0 rings (SSSR count). The molecule has 624 valence electrons. The minimum Gasteiger partial charge on any atom is -0.462 e. The number of carbonyl (C=O) groups excluding carboxylic acids is 4. The van der Waals surface area contributed by atoms with E-state index in [-0.39, 0.29) is 25.7 Å². The van der Waals surface area contributed by atoms with Gasteiger partial charge in [0.25, 0.3) is 0 Å². The van der Waals surface area contributed by atoms with Crippen molar-refractivity contribution in [3.8, 4) is 0 Å². The van der Waals surface area contributed by atoms with Crippen molar-refractivity contribution in [1.82, 2.24) is 0 Å². The number of hydrogen-bond donors (Lipinski definition) is 3. The van der Waals surface area contributed by atoms with Crippen molar-refractivity contribution >= 4 is 39.5 Å². The number of ether oxygens (including phenoxy) is 4. The lowest BCUT2D eigenvalue weighted by Gasteiger charge is -2.21. The number of aliphatic hydroxyl groups is 1. The van der Waals surface area contributed by atoms with Gasteiger partial charge in [0.05, 0.1) is 26.4 Å². The van der Waals surface area contributed by atoms with Crippen LogP contribution in [0.25, 0.3) is 0 Å². The van der Waals surface area contributed by atoms with E-state index in [9.17, 15) is 43.2 Å². The third-order valence-electron chi connectivity index (χ3n) is 20.8. The highest BCUT2D eigenvalue weighted by molar-refractivity contribution is 7.47. The summed E-state index contributed by atoms with van der Waals surface area (Å²) in [5.74, 6) is 1.11. The largest absolute Gasteiger partial charge is 0.472 e. The minimum absolute atomic E-state index is 0.106. The SMILES string of the molecule is CCC(C)CCCCCCCCCCCCCCCCCCCCC(=O)O[C@H](COC(=O)CCCCCCCCCCCCCCCCC(C)C)COP(=O)(O)OC[C@@H](O)COP(=O)(O)OC[C@@H](COC(=O)CCCCCCCCCCC(C)CC)OC(=O)CCCCCCCCCCCCCC(C)C. The molecule has 7 atom stereocenters. The predicted molar refractivity (Wildman–Crippen MR) is 432 cm³/mol. The number of rotatable bonds is 83. The van der Waals surface area contributed by atoms with E-state index >= 15 is 0 Å². The summed E-state index contributed by atoms with van der Waals surface area (Å²) in [6.45, 7) is 14.4. The maximum atomic E-state index is 13.1. The lowest BCUT2D eigenvalue weighted by molar-refractivity contribution is -0.161. The van der Waals surface area contributed by atoms with Crippen molar-refractivity contribution in [1.29, 1.82) is 0 Å². The van der Waals surface area contributed by atoms with Gasteiger partial charge in [-0.15, -0.1) is 0 Å². The van der Waals surface area contributed by atoms with Gasteiger partial charge in [0.15, 0.2) is 12.2 Å². The molecular formula is C86H168O17P2.